The molecular formula is C25H25N7. The van der Waals surface area contributed by atoms with Crippen LogP contribution in [0.25, 0.3) is 28.2 Å². The Morgan fingerprint density at radius 1 is 1.09 bits per heavy atom. The lowest BCUT2D eigenvalue weighted by molar-refractivity contribution is 0.315. The highest BCUT2D eigenvalue weighted by Gasteiger charge is 2.31. The summed E-state index contributed by atoms with van der Waals surface area (Å²) in [6.45, 7) is 3.84. The van der Waals surface area contributed by atoms with Crippen LogP contribution in [0, 0.1) is 18.3 Å². The summed E-state index contributed by atoms with van der Waals surface area (Å²) in [7, 11) is 4.25. The van der Waals surface area contributed by atoms with Crippen LogP contribution in [0.4, 0.5) is 5.82 Å². The zero-order chi connectivity index (χ0) is 22.2. The van der Waals surface area contributed by atoms with Crippen molar-refractivity contribution in [3.8, 4) is 28.6 Å². The maximum atomic E-state index is 10.1. The summed E-state index contributed by atoms with van der Waals surface area (Å²) < 4.78 is 1.87. The first kappa shape index (κ1) is 20.2. The van der Waals surface area contributed by atoms with Gasteiger partial charge in [0.05, 0.1) is 0 Å². The average Bonchev–Trinajstić information content (AvgIpc) is 3.48. The van der Waals surface area contributed by atoms with Gasteiger partial charge in [-0.1, -0.05) is 30.3 Å². The summed E-state index contributed by atoms with van der Waals surface area (Å²) in [5, 5.41) is 15.0. The molecule has 0 N–H and O–H groups in total. The molecule has 7 nitrogen and oxygen atoms in total. The minimum atomic E-state index is 0.464. The third-order valence-electron chi connectivity index (χ3n) is 6.29. The minimum Gasteiger partial charge on any atom is -0.354 e. The number of rotatable bonds is 4. The first-order chi connectivity index (χ1) is 15.6. The number of benzene rings is 1. The van der Waals surface area contributed by atoms with Gasteiger partial charge in [0.15, 0.2) is 11.5 Å². The number of aromatic nitrogens is 4. The van der Waals surface area contributed by atoms with Gasteiger partial charge in [-0.05, 0) is 50.7 Å². The van der Waals surface area contributed by atoms with E-state index in [9.17, 15) is 5.26 Å². The van der Waals surface area contributed by atoms with Crippen molar-refractivity contribution in [3.63, 3.8) is 0 Å². The molecule has 0 unspecified atom stereocenters. The van der Waals surface area contributed by atoms with Gasteiger partial charge in [-0.2, -0.15) is 9.78 Å². The summed E-state index contributed by atoms with van der Waals surface area (Å²) in [6.07, 6.45) is 4.56. The van der Waals surface area contributed by atoms with Crippen molar-refractivity contribution in [2.24, 2.45) is 0 Å². The van der Waals surface area contributed by atoms with Crippen LogP contribution in [0.1, 0.15) is 17.5 Å². The first-order valence-corrected chi connectivity index (χ1v) is 10.8. The van der Waals surface area contributed by atoms with E-state index in [-0.39, 0.29) is 0 Å². The van der Waals surface area contributed by atoms with E-state index in [0.29, 0.717) is 23.1 Å². The van der Waals surface area contributed by atoms with E-state index in [1.807, 2.05) is 41.8 Å². The van der Waals surface area contributed by atoms with Gasteiger partial charge in [0, 0.05) is 42.7 Å². The van der Waals surface area contributed by atoms with Gasteiger partial charge in [0.1, 0.15) is 17.5 Å². The Bertz CT molecular complexity index is 1300. The predicted octanol–water partition coefficient (Wildman–Crippen LogP) is 3.78. The summed E-state index contributed by atoms with van der Waals surface area (Å²) in [5.74, 6) is 1.57. The molecule has 0 radical (unpaired) electrons. The number of pyridine rings is 2. The van der Waals surface area contributed by atoms with E-state index in [1.165, 1.54) is 0 Å². The van der Waals surface area contributed by atoms with Crippen molar-refractivity contribution in [2.45, 2.75) is 19.4 Å². The summed E-state index contributed by atoms with van der Waals surface area (Å²) in [5.41, 5.74) is 5.02. The molecule has 4 aromatic rings. The third-order valence-corrected chi connectivity index (χ3v) is 6.29. The highest BCUT2D eigenvalue weighted by molar-refractivity contribution is 5.85. The van der Waals surface area contributed by atoms with Crippen LogP contribution in [0.3, 0.4) is 0 Å². The molecule has 32 heavy (non-hydrogen) atoms. The molecule has 0 amide bonds. The SMILES string of the molecule is Cc1c(-c2ccccc2)c(N2CC[C@H](N(C)C)C2)n2nc(-c3cccnc3)nc2c1C#N. The van der Waals surface area contributed by atoms with E-state index >= 15 is 0 Å². The minimum absolute atomic E-state index is 0.464. The average molecular weight is 424 g/mol. The lowest BCUT2D eigenvalue weighted by Gasteiger charge is -2.26. The largest absolute Gasteiger partial charge is 0.354 e. The van der Waals surface area contributed by atoms with Crippen LogP contribution in [0.15, 0.2) is 54.9 Å². The Kier molecular flexibility index (Phi) is 5.08. The second kappa shape index (κ2) is 8.06. The van der Waals surface area contributed by atoms with E-state index < -0.39 is 0 Å². The van der Waals surface area contributed by atoms with E-state index in [4.69, 9.17) is 10.1 Å². The molecule has 1 aromatic carbocycles. The van der Waals surface area contributed by atoms with Crippen molar-refractivity contribution in [1.29, 1.82) is 5.26 Å². The maximum Gasteiger partial charge on any atom is 0.183 e. The Balaban J connectivity index is 1.81. The Morgan fingerprint density at radius 2 is 1.88 bits per heavy atom. The number of hydrogen-bond acceptors (Lipinski definition) is 6. The fourth-order valence-electron chi connectivity index (χ4n) is 4.54. The Morgan fingerprint density at radius 3 is 2.53 bits per heavy atom. The number of hydrogen-bond donors (Lipinski definition) is 0. The molecular weight excluding hydrogens is 398 g/mol. The Labute approximate surface area is 187 Å². The monoisotopic (exact) mass is 423 g/mol. The zero-order valence-corrected chi connectivity index (χ0v) is 18.5. The van der Waals surface area contributed by atoms with Crippen LogP contribution < -0.4 is 4.90 Å². The van der Waals surface area contributed by atoms with Crippen LogP contribution in [-0.2, 0) is 0 Å². The van der Waals surface area contributed by atoms with E-state index in [0.717, 1.165) is 47.6 Å². The van der Waals surface area contributed by atoms with Crippen molar-refractivity contribution in [3.05, 3.63) is 66.0 Å². The van der Waals surface area contributed by atoms with E-state index in [2.05, 4.69) is 47.1 Å². The van der Waals surface area contributed by atoms with Crippen LogP contribution in [0.2, 0.25) is 0 Å². The molecule has 0 aliphatic carbocycles. The molecule has 3 aromatic heterocycles. The fraction of sp³-hybridized carbons (Fsp3) is 0.280. The summed E-state index contributed by atoms with van der Waals surface area (Å²) in [4.78, 5) is 13.7. The van der Waals surface area contributed by atoms with Crippen molar-refractivity contribution in [2.75, 3.05) is 32.1 Å². The maximum absolute atomic E-state index is 10.1. The molecule has 160 valence electrons. The van der Waals surface area contributed by atoms with E-state index in [1.54, 1.807) is 12.4 Å². The summed E-state index contributed by atoms with van der Waals surface area (Å²) in [6, 6.07) is 16.9. The number of nitrogens with zero attached hydrogens (tertiary/aromatic N) is 7. The zero-order valence-electron chi connectivity index (χ0n) is 18.5. The molecule has 1 fully saturated rings. The van der Waals surface area contributed by atoms with Gasteiger partial charge in [0.2, 0.25) is 0 Å². The molecule has 7 heteroatoms. The molecule has 1 aliphatic heterocycles. The van der Waals surface area contributed by atoms with Crippen LogP contribution >= 0.6 is 0 Å². The molecule has 0 spiro atoms. The topological polar surface area (TPSA) is 73.3 Å². The standard InChI is InChI=1S/C25H25N7/c1-17-21(14-26)24-28-23(19-10-7-12-27-15-19)29-32(24)25(22(17)18-8-5-4-6-9-18)31-13-11-20(16-31)30(2)3/h4-10,12,15,20H,11,13,16H2,1-3H3/t20-/m0/s1. The van der Waals surface area contributed by atoms with Crippen LogP contribution in [-0.4, -0.2) is 57.7 Å². The van der Waals surface area contributed by atoms with Crippen molar-refractivity contribution < 1.29 is 0 Å². The molecule has 5 rings (SSSR count). The molecule has 0 saturated carbocycles. The number of anilines is 1. The first-order valence-electron chi connectivity index (χ1n) is 10.8. The van der Waals surface area contributed by atoms with Gasteiger partial charge in [-0.15, -0.1) is 5.10 Å². The Hall–Kier alpha value is -3.76. The molecule has 1 saturated heterocycles. The highest BCUT2D eigenvalue weighted by atomic mass is 15.4. The molecule has 1 atom stereocenters. The second-order valence-electron chi connectivity index (χ2n) is 8.44. The van der Waals surface area contributed by atoms with Gasteiger partial charge in [-0.25, -0.2) is 4.98 Å². The number of nitriles is 1. The van der Waals surface area contributed by atoms with Crippen LogP contribution in [0.5, 0.6) is 0 Å². The normalized spacial score (nSPS) is 16.1. The van der Waals surface area contributed by atoms with Gasteiger partial charge >= 0.3 is 0 Å². The summed E-state index contributed by atoms with van der Waals surface area (Å²) >= 11 is 0. The van der Waals surface area contributed by atoms with Crippen molar-refractivity contribution in [1.82, 2.24) is 24.5 Å². The smallest absolute Gasteiger partial charge is 0.183 e. The highest BCUT2D eigenvalue weighted by Crippen LogP contribution is 2.39. The number of fused-ring (bicyclic) bond motifs is 1. The van der Waals surface area contributed by atoms with Gasteiger partial charge in [0.25, 0.3) is 0 Å². The molecule has 4 heterocycles. The molecule has 1 aliphatic rings. The van der Waals surface area contributed by atoms with Crippen molar-refractivity contribution >= 4 is 11.5 Å². The quantitative estimate of drug-likeness (QED) is 0.497. The van der Waals surface area contributed by atoms with Gasteiger partial charge < -0.3 is 9.80 Å². The van der Waals surface area contributed by atoms with Gasteiger partial charge in [-0.3, -0.25) is 4.98 Å². The predicted molar refractivity (Wildman–Crippen MR) is 125 cm³/mol. The lowest BCUT2D eigenvalue weighted by Crippen LogP contribution is -2.32. The second-order valence-corrected chi connectivity index (χ2v) is 8.44. The lowest BCUT2D eigenvalue weighted by atomic mass is 9.97. The third kappa shape index (κ3) is 3.29. The fourth-order valence-corrected chi connectivity index (χ4v) is 4.54. The molecule has 0 bridgehead atoms. The number of likely N-dealkylation sites (N-methyl/N-ethyl adjacent to an activating group) is 1.